The highest BCUT2D eigenvalue weighted by Gasteiger charge is 2.19. The third-order valence-electron chi connectivity index (χ3n) is 4.01. The van der Waals surface area contributed by atoms with E-state index in [1.807, 2.05) is 0 Å². The van der Waals surface area contributed by atoms with Gasteiger partial charge in [-0.05, 0) is 50.9 Å². The Balaban J connectivity index is 1.74. The van der Waals surface area contributed by atoms with E-state index < -0.39 is 0 Å². The smallest absolute Gasteiger partial charge is 0.0233 e. The van der Waals surface area contributed by atoms with Crippen LogP contribution in [0.4, 0.5) is 0 Å². The van der Waals surface area contributed by atoms with Gasteiger partial charge in [0.05, 0.1) is 0 Å². The number of nitrogens with one attached hydrogen (secondary N) is 1. The van der Waals surface area contributed by atoms with Crippen LogP contribution >= 0.6 is 0 Å². The van der Waals surface area contributed by atoms with Gasteiger partial charge in [0.25, 0.3) is 0 Å². The molecule has 1 aromatic rings. The second kappa shape index (κ2) is 7.06. The summed E-state index contributed by atoms with van der Waals surface area (Å²) in [6.45, 7) is 11.4. The lowest BCUT2D eigenvalue weighted by molar-refractivity contribution is 0.174. The summed E-state index contributed by atoms with van der Waals surface area (Å²) in [7, 11) is 0. The minimum absolute atomic E-state index is 0.616. The van der Waals surface area contributed by atoms with Gasteiger partial charge in [0, 0.05) is 12.6 Å². The van der Waals surface area contributed by atoms with Crippen molar-refractivity contribution in [2.75, 3.05) is 19.6 Å². The van der Waals surface area contributed by atoms with Gasteiger partial charge in [-0.15, -0.1) is 0 Å². The highest BCUT2D eigenvalue weighted by Crippen LogP contribution is 2.18. The first-order valence-electron chi connectivity index (χ1n) is 7.65. The van der Waals surface area contributed by atoms with Gasteiger partial charge in [0.1, 0.15) is 0 Å². The maximum absolute atomic E-state index is 3.57. The third-order valence-corrected chi connectivity index (χ3v) is 4.01. The Morgan fingerprint density at radius 2 is 2.00 bits per heavy atom. The lowest BCUT2D eigenvalue weighted by Crippen LogP contribution is -2.38. The molecule has 0 saturated carbocycles. The average molecular weight is 260 g/mol. The molecule has 2 rings (SSSR count). The van der Waals surface area contributed by atoms with Crippen LogP contribution in [0.15, 0.2) is 24.3 Å². The number of hydrogen-bond donors (Lipinski definition) is 1. The summed E-state index contributed by atoms with van der Waals surface area (Å²) in [6.07, 6.45) is 2.68. The van der Waals surface area contributed by atoms with E-state index in [1.54, 1.807) is 0 Å². The van der Waals surface area contributed by atoms with Crippen molar-refractivity contribution in [1.29, 1.82) is 0 Å². The van der Waals surface area contributed by atoms with E-state index in [1.165, 1.54) is 43.6 Å². The Morgan fingerprint density at radius 3 is 2.63 bits per heavy atom. The predicted octanol–water partition coefficient (Wildman–Crippen LogP) is 3.21. The van der Waals surface area contributed by atoms with Crippen LogP contribution in [0.2, 0.25) is 0 Å². The van der Waals surface area contributed by atoms with Crippen LogP contribution in [-0.2, 0) is 6.54 Å². The van der Waals surface area contributed by atoms with Gasteiger partial charge < -0.3 is 5.32 Å². The summed E-state index contributed by atoms with van der Waals surface area (Å²) in [5.74, 6) is 0.871. The van der Waals surface area contributed by atoms with Crippen LogP contribution in [0.1, 0.15) is 37.8 Å². The highest BCUT2D eigenvalue weighted by atomic mass is 15.1. The van der Waals surface area contributed by atoms with E-state index in [9.17, 15) is 0 Å². The van der Waals surface area contributed by atoms with Crippen molar-refractivity contribution < 1.29 is 0 Å². The fourth-order valence-corrected chi connectivity index (χ4v) is 2.82. The van der Waals surface area contributed by atoms with E-state index in [4.69, 9.17) is 0 Å². The molecule has 0 bridgehead atoms. The standard InChI is InChI=1S/C17H28N2/c1-14(2)18-12-16-7-9-19(10-8-16)13-17-6-4-5-15(3)11-17/h4-6,11,14,16,18H,7-10,12-13H2,1-3H3. The molecule has 0 spiro atoms. The number of piperidine rings is 1. The summed E-state index contributed by atoms with van der Waals surface area (Å²) in [5, 5.41) is 3.57. The normalized spacial score (nSPS) is 18.1. The number of likely N-dealkylation sites (tertiary alicyclic amines) is 1. The van der Waals surface area contributed by atoms with Crippen LogP contribution in [0.5, 0.6) is 0 Å². The summed E-state index contributed by atoms with van der Waals surface area (Å²) < 4.78 is 0. The van der Waals surface area contributed by atoms with Gasteiger partial charge in [-0.25, -0.2) is 0 Å². The maximum atomic E-state index is 3.57. The minimum atomic E-state index is 0.616. The fraction of sp³-hybridized carbons (Fsp3) is 0.647. The Labute approximate surface area is 118 Å². The monoisotopic (exact) mass is 260 g/mol. The van der Waals surface area contributed by atoms with E-state index in [-0.39, 0.29) is 0 Å². The van der Waals surface area contributed by atoms with Crippen LogP contribution in [0, 0.1) is 12.8 Å². The van der Waals surface area contributed by atoms with Crippen LogP contribution < -0.4 is 5.32 Å². The molecule has 2 nitrogen and oxygen atoms in total. The number of rotatable bonds is 5. The summed E-state index contributed by atoms with van der Waals surface area (Å²) in [5.41, 5.74) is 2.83. The molecule has 0 aliphatic carbocycles. The molecule has 0 aromatic heterocycles. The maximum Gasteiger partial charge on any atom is 0.0233 e. The molecule has 0 atom stereocenters. The van der Waals surface area contributed by atoms with Crippen molar-refractivity contribution in [3.63, 3.8) is 0 Å². The Hall–Kier alpha value is -0.860. The van der Waals surface area contributed by atoms with E-state index in [0.29, 0.717) is 6.04 Å². The first-order valence-corrected chi connectivity index (χ1v) is 7.65. The molecule has 106 valence electrons. The first kappa shape index (κ1) is 14.5. The van der Waals surface area contributed by atoms with Crippen molar-refractivity contribution in [2.45, 2.75) is 46.2 Å². The molecule has 1 saturated heterocycles. The molecule has 1 heterocycles. The summed E-state index contributed by atoms with van der Waals surface area (Å²) in [4.78, 5) is 2.60. The van der Waals surface area contributed by atoms with Crippen molar-refractivity contribution >= 4 is 0 Å². The van der Waals surface area contributed by atoms with Crippen molar-refractivity contribution in [2.24, 2.45) is 5.92 Å². The molecule has 1 fully saturated rings. The van der Waals surface area contributed by atoms with E-state index >= 15 is 0 Å². The van der Waals surface area contributed by atoms with Crippen molar-refractivity contribution in [3.05, 3.63) is 35.4 Å². The van der Waals surface area contributed by atoms with Crippen LogP contribution in [0.25, 0.3) is 0 Å². The molecular weight excluding hydrogens is 232 g/mol. The lowest BCUT2D eigenvalue weighted by Gasteiger charge is -2.32. The van der Waals surface area contributed by atoms with Crippen LogP contribution in [0.3, 0.4) is 0 Å². The third kappa shape index (κ3) is 4.96. The number of hydrogen-bond acceptors (Lipinski definition) is 2. The Bertz CT molecular complexity index is 379. The molecule has 1 aromatic carbocycles. The number of aryl methyl sites for hydroxylation is 1. The topological polar surface area (TPSA) is 15.3 Å². The molecule has 1 N–H and O–H groups in total. The van der Waals surface area contributed by atoms with Gasteiger partial charge in [0.2, 0.25) is 0 Å². The van der Waals surface area contributed by atoms with E-state index in [0.717, 1.165) is 12.5 Å². The first-order chi connectivity index (χ1) is 9.13. The van der Waals surface area contributed by atoms with Gasteiger partial charge in [-0.1, -0.05) is 43.7 Å². The number of nitrogens with zero attached hydrogens (tertiary/aromatic N) is 1. The SMILES string of the molecule is Cc1cccc(CN2CCC(CNC(C)C)CC2)c1. The summed E-state index contributed by atoms with van der Waals surface area (Å²) >= 11 is 0. The van der Waals surface area contributed by atoms with Gasteiger partial charge >= 0.3 is 0 Å². The second-order valence-corrected chi connectivity index (χ2v) is 6.27. The van der Waals surface area contributed by atoms with Crippen molar-refractivity contribution in [3.8, 4) is 0 Å². The molecular formula is C17H28N2. The lowest BCUT2D eigenvalue weighted by atomic mass is 9.96. The fourth-order valence-electron chi connectivity index (χ4n) is 2.82. The van der Waals surface area contributed by atoms with Gasteiger partial charge in [-0.3, -0.25) is 4.90 Å². The van der Waals surface area contributed by atoms with Crippen LogP contribution in [-0.4, -0.2) is 30.6 Å². The highest BCUT2D eigenvalue weighted by molar-refractivity contribution is 5.22. The molecule has 0 radical (unpaired) electrons. The van der Waals surface area contributed by atoms with E-state index in [2.05, 4.69) is 55.3 Å². The Kier molecular flexibility index (Phi) is 5.41. The minimum Gasteiger partial charge on any atom is -0.314 e. The number of benzene rings is 1. The molecule has 19 heavy (non-hydrogen) atoms. The molecule has 1 aliphatic heterocycles. The average Bonchev–Trinajstić information content (AvgIpc) is 2.38. The largest absolute Gasteiger partial charge is 0.314 e. The summed E-state index contributed by atoms with van der Waals surface area (Å²) in [6, 6.07) is 9.52. The zero-order valence-electron chi connectivity index (χ0n) is 12.7. The van der Waals surface area contributed by atoms with Gasteiger partial charge in [-0.2, -0.15) is 0 Å². The Morgan fingerprint density at radius 1 is 1.26 bits per heavy atom. The molecule has 2 heteroatoms. The van der Waals surface area contributed by atoms with Gasteiger partial charge in [0.15, 0.2) is 0 Å². The molecule has 0 amide bonds. The second-order valence-electron chi connectivity index (χ2n) is 6.27. The molecule has 1 aliphatic rings. The van der Waals surface area contributed by atoms with Crippen molar-refractivity contribution in [1.82, 2.24) is 10.2 Å². The predicted molar refractivity (Wildman–Crippen MR) is 82.3 cm³/mol. The molecule has 0 unspecified atom stereocenters. The quantitative estimate of drug-likeness (QED) is 0.874. The zero-order chi connectivity index (χ0) is 13.7. The zero-order valence-corrected chi connectivity index (χ0v) is 12.7.